The normalized spacial score (nSPS) is 10.7. The SMILES string of the molecule is CCOC(=O)c1c(NC(=O)CN(C)CCOc2cc(C)cc(C)c2)sc(C(=O)NC)c1C. The Hall–Kier alpha value is -2.91. The van der Waals surface area contributed by atoms with Crippen molar-refractivity contribution in [2.45, 2.75) is 27.7 Å². The fourth-order valence-electron chi connectivity index (χ4n) is 3.21. The van der Waals surface area contributed by atoms with Crippen molar-refractivity contribution in [1.29, 1.82) is 0 Å². The van der Waals surface area contributed by atoms with Crippen LogP contribution in [0.5, 0.6) is 5.75 Å². The number of ether oxygens (including phenoxy) is 2. The van der Waals surface area contributed by atoms with E-state index >= 15 is 0 Å². The predicted octanol–water partition coefficient (Wildman–Crippen LogP) is 3.16. The maximum Gasteiger partial charge on any atom is 0.341 e. The Labute approximate surface area is 192 Å². The van der Waals surface area contributed by atoms with E-state index in [1.165, 1.54) is 7.05 Å². The standard InChI is InChI=1S/C23H31N3O5S/c1-7-30-23(29)19-16(4)20(21(28)24-5)32-22(19)25-18(27)13-26(6)8-9-31-17-11-14(2)10-15(3)12-17/h10-12H,7-9,13H2,1-6H3,(H,24,28)(H,25,27). The number of benzene rings is 1. The highest BCUT2D eigenvalue weighted by atomic mass is 32.1. The number of aryl methyl sites for hydroxylation is 2. The maximum atomic E-state index is 12.6. The number of anilines is 1. The molecular weight excluding hydrogens is 430 g/mol. The van der Waals surface area contributed by atoms with E-state index in [1.54, 1.807) is 13.8 Å². The molecule has 0 atom stereocenters. The topological polar surface area (TPSA) is 97.0 Å². The van der Waals surface area contributed by atoms with Crippen LogP contribution < -0.4 is 15.4 Å². The number of rotatable bonds is 10. The molecule has 0 radical (unpaired) electrons. The Kier molecular flexibility index (Phi) is 9.22. The minimum Gasteiger partial charge on any atom is -0.492 e. The van der Waals surface area contributed by atoms with Crippen LogP contribution in [0.2, 0.25) is 0 Å². The van der Waals surface area contributed by atoms with Crippen molar-refractivity contribution in [3.8, 4) is 5.75 Å². The molecule has 0 aliphatic rings. The summed E-state index contributed by atoms with van der Waals surface area (Å²) in [7, 11) is 3.32. The number of nitrogens with zero attached hydrogens (tertiary/aromatic N) is 1. The number of esters is 1. The van der Waals surface area contributed by atoms with Gasteiger partial charge in [-0.3, -0.25) is 14.5 Å². The van der Waals surface area contributed by atoms with Crippen molar-refractivity contribution in [3.63, 3.8) is 0 Å². The van der Waals surface area contributed by atoms with E-state index in [0.717, 1.165) is 28.2 Å². The largest absolute Gasteiger partial charge is 0.492 e. The molecule has 1 aromatic carbocycles. The summed E-state index contributed by atoms with van der Waals surface area (Å²) in [6, 6.07) is 6.02. The maximum absolute atomic E-state index is 12.6. The van der Waals surface area contributed by atoms with E-state index in [0.29, 0.717) is 28.6 Å². The van der Waals surface area contributed by atoms with Gasteiger partial charge < -0.3 is 20.1 Å². The molecule has 0 bridgehead atoms. The molecule has 2 rings (SSSR count). The van der Waals surface area contributed by atoms with Gasteiger partial charge in [-0.25, -0.2) is 4.79 Å². The number of amides is 2. The molecule has 0 spiro atoms. The molecule has 0 saturated heterocycles. The first-order chi connectivity index (χ1) is 15.2. The third-order valence-corrected chi connectivity index (χ3v) is 5.87. The Bertz CT molecular complexity index is 966. The van der Waals surface area contributed by atoms with Crippen LogP contribution in [0, 0.1) is 20.8 Å². The zero-order valence-electron chi connectivity index (χ0n) is 19.5. The lowest BCUT2D eigenvalue weighted by atomic mass is 10.1. The summed E-state index contributed by atoms with van der Waals surface area (Å²) in [5.74, 6) is -0.384. The van der Waals surface area contributed by atoms with Crippen molar-refractivity contribution >= 4 is 34.1 Å². The molecule has 0 aliphatic carbocycles. The van der Waals surface area contributed by atoms with Gasteiger partial charge in [-0.2, -0.15) is 0 Å². The molecule has 2 N–H and O–H groups in total. The van der Waals surface area contributed by atoms with Gasteiger partial charge in [-0.15, -0.1) is 11.3 Å². The molecule has 2 amide bonds. The van der Waals surface area contributed by atoms with E-state index in [2.05, 4.69) is 16.7 Å². The molecule has 32 heavy (non-hydrogen) atoms. The van der Waals surface area contributed by atoms with Gasteiger partial charge in [0.1, 0.15) is 17.4 Å². The third-order valence-electron chi connectivity index (χ3n) is 4.66. The first-order valence-corrected chi connectivity index (χ1v) is 11.2. The van der Waals surface area contributed by atoms with Crippen LogP contribution in [0.25, 0.3) is 0 Å². The molecule has 9 heteroatoms. The fourth-order valence-corrected chi connectivity index (χ4v) is 4.36. The van der Waals surface area contributed by atoms with E-state index in [-0.39, 0.29) is 30.5 Å². The molecule has 174 valence electrons. The quantitative estimate of drug-likeness (QED) is 0.528. The lowest BCUT2D eigenvalue weighted by Gasteiger charge is -2.17. The van der Waals surface area contributed by atoms with Crippen LogP contribution >= 0.6 is 11.3 Å². The van der Waals surface area contributed by atoms with E-state index in [4.69, 9.17) is 9.47 Å². The first kappa shape index (κ1) is 25.4. The summed E-state index contributed by atoms with van der Waals surface area (Å²) in [4.78, 5) is 39.3. The smallest absolute Gasteiger partial charge is 0.341 e. The summed E-state index contributed by atoms with van der Waals surface area (Å²) in [6.07, 6.45) is 0. The molecule has 0 aliphatic heterocycles. The lowest BCUT2D eigenvalue weighted by Crippen LogP contribution is -2.33. The predicted molar refractivity (Wildman–Crippen MR) is 126 cm³/mol. The highest BCUT2D eigenvalue weighted by Gasteiger charge is 2.26. The van der Waals surface area contributed by atoms with Crippen LogP contribution in [0.4, 0.5) is 5.00 Å². The van der Waals surface area contributed by atoms with Crippen molar-refractivity contribution < 1.29 is 23.9 Å². The number of thiophene rings is 1. The fraction of sp³-hybridized carbons (Fsp3) is 0.435. The number of nitrogens with one attached hydrogen (secondary N) is 2. The number of likely N-dealkylation sites (N-methyl/N-ethyl adjacent to an activating group) is 1. The summed E-state index contributed by atoms with van der Waals surface area (Å²) in [6.45, 7) is 8.67. The first-order valence-electron chi connectivity index (χ1n) is 10.4. The Morgan fingerprint density at radius 1 is 1.09 bits per heavy atom. The third kappa shape index (κ3) is 6.80. The minimum absolute atomic E-state index is 0.102. The second-order valence-electron chi connectivity index (χ2n) is 7.52. The monoisotopic (exact) mass is 461 g/mol. The minimum atomic E-state index is -0.568. The van der Waals surface area contributed by atoms with E-state index in [9.17, 15) is 14.4 Å². The van der Waals surface area contributed by atoms with Gasteiger partial charge in [-0.1, -0.05) is 6.07 Å². The highest BCUT2D eigenvalue weighted by molar-refractivity contribution is 7.18. The van der Waals surface area contributed by atoms with Crippen molar-refractivity contribution in [1.82, 2.24) is 10.2 Å². The van der Waals surface area contributed by atoms with Crippen LogP contribution in [0.15, 0.2) is 18.2 Å². The van der Waals surface area contributed by atoms with Gasteiger partial charge in [-0.05, 0) is 63.6 Å². The highest BCUT2D eigenvalue weighted by Crippen LogP contribution is 2.33. The van der Waals surface area contributed by atoms with E-state index in [1.807, 2.05) is 37.9 Å². The van der Waals surface area contributed by atoms with Crippen molar-refractivity contribution in [2.75, 3.05) is 45.7 Å². The molecule has 1 aromatic heterocycles. The number of carbonyl (C=O) groups excluding carboxylic acids is 3. The zero-order valence-corrected chi connectivity index (χ0v) is 20.3. The average molecular weight is 462 g/mol. The molecule has 1 heterocycles. The Morgan fingerprint density at radius 3 is 2.34 bits per heavy atom. The number of hydrogen-bond acceptors (Lipinski definition) is 7. The second-order valence-corrected chi connectivity index (χ2v) is 8.54. The van der Waals surface area contributed by atoms with Gasteiger partial charge in [0.15, 0.2) is 0 Å². The van der Waals surface area contributed by atoms with E-state index < -0.39 is 5.97 Å². The summed E-state index contributed by atoms with van der Waals surface area (Å²) >= 11 is 1.06. The van der Waals surface area contributed by atoms with Crippen molar-refractivity contribution in [2.24, 2.45) is 0 Å². The van der Waals surface area contributed by atoms with Gasteiger partial charge in [0.05, 0.1) is 23.6 Å². The molecule has 0 fully saturated rings. The zero-order chi connectivity index (χ0) is 23.8. The average Bonchev–Trinajstić information content (AvgIpc) is 3.02. The second kappa shape index (κ2) is 11.6. The molecule has 0 saturated carbocycles. The van der Waals surface area contributed by atoms with Gasteiger partial charge >= 0.3 is 5.97 Å². The van der Waals surface area contributed by atoms with Crippen LogP contribution in [0.3, 0.4) is 0 Å². The van der Waals surface area contributed by atoms with Gasteiger partial charge in [0.2, 0.25) is 5.91 Å². The Balaban J connectivity index is 2.00. The summed E-state index contributed by atoms with van der Waals surface area (Å²) in [5, 5.41) is 5.62. The molecule has 2 aromatic rings. The lowest BCUT2D eigenvalue weighted by molar-refractivity contribution is -0.117. The molecule has 0 unspecified atom stereocenters. The van der Waals surface area contributed by atoms with Crippen molar-refractivity contribution in [3.05, 3.63) is 45.3 Å². The Morgan fingerprint density at radius 2 is 1.75 bits per heavy atom. The number of carbonyl (C=O) groups is 3. The molecule has 8 nitrogen and oxygen atoms in total. The van der Waals surface area contributed by atoms with Crippen LogP contribution in [-0.2, 0) is 9.53 Å². The van der Waals surface area contributed by atoms with Gasteiger partial charge in [0, 0.05) is 13.6 Å². The van der Waals surface area contributed by atoms with Crippen LogP contribution in [0.1, 0.15) is 43.6 Å². The molecular formula is C23H31N3O5S. The van der Waals surface area contributed by atoms with Gasteiger partial charge in [0.25, 0.3) is 5.91 Å². The van der Waals surface area contributed by atoms with Crippen LogP contribution in [-0.4, -0.2) is 63.1 Å². The number of hydrogen-bond donors (Lipinski definition) is 2. The summed E-state index contributed by atoms with van der Waals surface area (Å²) in [5.41, 5.74) is 2.96. The summed E-state index contributed by atoms with van der Waals surface area (Å²) < 4.78 is 10.9.